The summed E-state index contributed by atoms with van der Waals surface area (Å²) in [5, 5.41) is 10.5. The Bertz CT molecular complexity index is 817. The lowest BCUT2D eigenvalue weighted by Crippen LogP contribution is -2.30. The maximum atomic E-state index is 12.3. The van der Waals surface area contributed by atoms with E-state index in [0.717, 1.165) is 0 Å². The van der Waals surface area contributed by atoms with E-state index in [1.165, 1.54) is 17.1 Å². The van der Waals surface area contributed by atoms with Gasteiger partial charge in [-0.1, -0.05) is 18.2 Å². The molecule has 112 valence electrons. The number of benzene rings is 1. The predicted molar refractivity (Wildman–Crippen MR) is 81.7 cm³/mol. The highest BCUT2D eigenvalue weighted by molar-refractivity contribution is 5.75. The van der Waals surface area contributed by atoms with E-state index in [1.807, 2.05) is 30.3 Å². The highest BCUT2D eigenvalue weighted by atomic mass is 16.5. The molecule has 2 aromatic heterocycles. The molecular weight excluding hydrogens is 282 g/mol. The van der Waals surface area contributed by atoms with Gasteiger partial charge in [0, 0.05) is 6.20 Å². The first-order chi connectivity index (χ1) is 10.7. The fraction of sp³-hybridized carbons (Fsp3) is 0.188. The van der Waals surface area contributed by atoms with Crippen molar-refractivity contribution < 1.29 is 9.84 Å². The van der Waals surface area contributed by atoms with Crippen molar-refractivity contribution in [3.63, 3.8) is 0 Å². The lowest BCUT2D eigenvalue weighted by molar-refractivity contribution is 0.0915. The van der Waals surface area contributed by atoms with Gasteiger partial charge in [0.05, 0.1) is 30.0 Å². The number of aromatic nitrogens is 3. The Balaban J connectivity index is 1.70. The van der Waals surface area contributed by atoms with Crippen molar-refractivity contribution in [2.24, 2.45) is 0 Å². The first kappa shape index (κ1) is 14.2. The third-order valence-corrected chi connectivity index (χ3v) is 3.22. The van der Waals surface area contributed by atoms with Crippen LogP contribution in [0.25, 0.3) is 10.9 Å². The molecule has 1 aromatic carbocycles. The molecule has 0 aliphatic heterocycles. The van der Waals surface area contributed by atoms with E-state index < -0.39 is 6.10 Å². The highest BCUT2D eigenvalue weighted by Gasteiger charge is 2.10. The van der Waals surface area contributed by atoms with Crippen molar-refractivity contribution in [3.8, 4) is 5.75 Å². The molecule has 6 nitrogen and oxygen atoms in total. The molecule has 0 fully saturated rings. The summed E-state index contributed by atoms with van der Waals surface area (Å²) in [6.45, 7) is 0.224. The van der Waals surface area contributed by atoms with Crippen LogP contribution in [0.1, 0.15) is 0 Å². The van der Waals surface area contributed by atoms with Crippen LogP contribution in [0.4, 0.5) is 0 Å². The molecule has 22 heavy (non-hydrogen) atoms. The van der Waals surface area contributed by atoms with Crippen LogP contribution >= 0.6 is 0 Å². The summed E-state index contributed by atoms with van der Waals surface area (Å²) in [6, 6.07) is 10.8. The van der Waals surface area contributed by atoms with Gasteiger partial charge in [-0.3, -0.25) is 14.3 Å². The molecule has 0 aliphatic carbocycles. The van der Waals surface area contributed by atoms with E-state index in [4.69, 9.17) is 4.74 Å². The number of fused-ring (bicyclic) bond motifs is 1. The minimum Gasteiger partial charge on any atom is -0.491 e. The number of aliphatic hydroxyl groups excluding tert-OH is 1. The molecule has 0 spiro atoms. The third-order valence-electron chi connectivity index (χ3n) is 3.22. The second kappa shape index (κ2) is 6.36. The average Bonchev–Trinajstić information content (AvgIpc) is 2.57. The Morgan fingerprint density at radius 3 is 2.86 bits per heavy atom. The molecule has 0 amide bonds. The van der Waals surface area contributed by atoms with Gasteiger partial charge in [0.1, 0.15) is 18.5 Å². The zero-order valence-electron chi connectivity index (χ0n) is 11.8. The van der Waals surface area contributed by atoms with Gasteiger partial charge >= 0.3 is 0 Å². The molecule has 0 aliphatic rings. The molecule has 0 saturated heterocycles. The minimum atomic E-state index is -0.806. The van der Waals surface area contributed by atoms with Crippen molar-refractivity contribution in [2.45, 2.75) is 12.6 Å². The van der Waals surface area contributed by atoms with Crippen LogP contribution in [0, 0.1) is 0 Å². The number of para-hydroxylation sites is 1. The Labute approximate surface area is 126 Å². The van der Waals surface area contributed by atoms with Gasteiger partial charge in [-0.25, -0.2) is 4.98 Å². The van der Waals surface area contributed by atoms with Crippen LogP contribution in [0.2, 0.25) is 0 Å². The summed E-state index contributed by atoms with van der Waals surface area (Å²) in [7, 11) is 0. The summed E-state index contributed by atoms with van der Waals surface area (Å²) in [5.41, 5.74) is 0.338. The van der Waals surface area contributed by atoms with Crippen molar-refractivity contribution in [3.05, 3.63) is 65.5 Å². The fourth-order valence-corrected chi connectivity index (χ4v) is 2.13. The Morgan fingerprint density at radius 1 is 1.23 bits per heavy atom. The van der Waals surface area contributed by atoms with Crippen LogP contribution < -0.4 is 10.3 Å². The van der Waals surface area contributed by atoms with E-state index in [2.05, 4.69) is 9.97 Å². The average molecular weight is 297 g/mol. The molecule has 1 unspecified atom stereocenters. The van der Waals surface area contributed by atoms with Gasteiger partial charge in [0.25, 0.3) is 5.56 Å². The van der Waals surface area contributed by atoms with Gasteiger partial charge in [0.2, 0.25) is 0 Å². The van der Waals surface area contributed by atoms with Crippen molar-refractivity contribution in [1.82, 2.24) is 14.5 Å². The summed E-state index contributed by atoms with van der Waals surface area (Å²) >= 11 is 0. The second-order valence-corrected chi connectivity index (χ2v) is 4.87. The molecule has 1 N–H and O–H groups in total. The van der Waals surface area contributed by atoms with Crippen LogP contribution in [0.15, 0.2) is 59.9 Å². The number of hydrogen-bond donors (Lipinski definition) is 1. The van der Waals surface area contributed by atoms with Crippen LogP contribution in [0.3, 0.4) is 0 Å². The van der Waals surface area contributed by atoms with Crippen LogP contribution in [-0.2, 0) is 6.54 Å². The van der Waals surface area contributed by atoms with E-state index >= 15 is 0 Å². The largest absolute Gasteiger partial charge is 0.491 e. The van der Waals surface area contributed by atoms with Gasteiger partial charge in [0.15, 0.2) is 0 Å². The SMILES string of the molecule is O=c1c2ccncc2ncn1CC(O)COc1ccccc1. The zero-order valence-corrected chi connectivity index (χ0v) is 11.8. The van der Waals surface area contributed by atoms with Crippen molar-refractivity contribution in [1.29, 1.82) is 0 Å². The number of nitrogens with zero attached hydrogens (tertiary/aromatic N) is 3. The summed E-state index contributed by atoms with van der Waals surface area (Å²) in [5.74, 6) is 0.677. The summed E-state index contributed by atoms with van der Waals surface area (Å²) in [6.07, 6.45) is 3.69. The monoisotopic (exact) mass is 297 g/mol. The topological polar surface area (TPSA) is 77.2 Å². The molecule has 6 heteroatoms. The van der Waals surface area contributed by atoms with Gasteiger partial charge in [-0.2, -0.15) is 0 Å². The molecule has 3 rings (SSSR count). The van der Waals surface area contributed by atoms with E-state index in [1.54, 1.807) is 12.3 Å². The number of aliphatic hydroxyl groups is 1. The molecule has 0 radical (unpaired) electrons. The number of pyridine rings is 1. The third kappa shape index (κ3) is 3.12. The van der Waals surface area contributed by atoms with Gasteiger partial charge < -0.3 is 9.84 Å². The maximum Gasteiger partial charge on any atom is 0.261 e. The standard InChI is InChI=1S/C16H15N3O3/c20-12(10-22-13-4-2-1-3-5-13)9-19-11-18-15-8-17-7-6-14(15)16(19)21/h1-8,11-12,20H,9-10H2. The van der Waals surface area contributed by atoms with Crippen molar-refractivity contribution >= 4 is 10.9 Å². The number of rotatable bonds is 5. The highest BCUT2D eigenvalue weighted by Crippen LogP contribution is 2.09. The van der Waals surface area contributed by atoms with Gasteiger partial charge in [-0.05, 0) is 18.2 Å². The first-order valence-corrected chi connectivity index (χ1v) is 6.89. The maximum absolute atomic E-state index is 12.3. The smallest absolute Gasteiger partial charge is 0.261 e. The minimum absolute atomic E-state index is 0.102. The molecular formula is C16H15N3O3. The van der Waals surface area contributed by atoms with Crippen LogP contribution in [-0.4, -0.2) is 32.4 Å². The normalized spacial score (nSPS) is 12.2. The Morgan fingerprint density at radius 2 is 2.05 bits per heavy atom. The fourth-order valence-electron chi connectivity index (χ4n) is 2.13. The molecule has 0 saturated carbocycles. The number of hydrogen-bond acceptors (Lipinski definition) is 5. The predicted octanol–water partition coefficient (Wildman–Crippen LogP) is 1.23. The molecule has 3 aromatic rings. The zero-order chi connectivity index (χ0) is 15.4. The molecule has 1 atom stereocenters. The summed E-state index contributed by atoms with van der Waals surface area (Å²) in [4.78, 5) is 20.4. The van der Waals surface area contributed by atoms with Crippen LogP contribution in [0.5, 0.6) is 5.75 Å². The van der Waals surface area contributed by atoms with Crippen molar-refractivity contribution in [2.75, 3.05) is 6.61 Å². The first-order valence-electron chi connectivity index (χ1n) is 6.89. The van der Waals surface area contributed by atoms with E-state index in [0.29, 0.717) is 16.7 Å². The lowest BCUT2D eigenvalue weighted by Gasteiger charge is -2.14. The number of ether oxygens (including phenoxy) is 1. The Hall–Kier alpha value is -2.73. The van der Waals surface area contributed by atoms with Gasteiger partial charge in [-0.15, -0.1) is 0 Å². The van der Waals surface area contributed by atoms with E-state index in [-0.39, 0.29) is 18.7 Å². The molecule has 2 heterocycles. The van der Waals surface area contributed by atoms with E-state index in [9.17, 15) is 9.90 Å². The Kier molecular flexibility index (Phi) is 4.11. The summed E-state index contributed by atoms with van der Waals surface area (Å²) < 4.78 is 6.85. The molecule has 0 bridgehead atoms. The quantitative estimate of drug-likeness (QED) is 0.766. The lowest BCUT2D eigenvalue weighted by atomic mass is 10.3. The second-order valence-electron chi connectivity index (χ2n) is 4.87.